The van der Waals surface area contributed by atoms with E-state index in [1.165, 1.54) is 0 Å². The number of hydrogen-bond donors (Lipinski definition) is 2. The molecule has 0 aliphatic rings. The Bertz CT molecular complexity index is 102. The zero-order valence-electron chi connectivity index (χ0n) is 6.55. The molecular weight excluding hydrogens is 130 g/mol. The van der Waals surface area contributed by atoms with E-state index in [0.717, 1.165) is 0 Å². The lowest BCUT2D eigenvalue weighted by Crippen LogP contribution is -2.25. The number of rotatable bonds is 4. The molecule has 0 aromatic carbocycles. The normalized spacial score (nSPS) is 12.7. The fourth-order valence-electron chi connectivity index (χ4n) is 0.545. The number of nitrogens with one attached hydrogen (secondary N) is 1. The molecule has 0 saturated carbocycles. The van der Waals surface area contributed by atoms with Crippen molar-refractivity contribution < 1.29 is 9.90 Å². The van der Waals surface area contributed by atoms with Gasteiger partial charge in [0.25, 0.3) is 0 Å². The molecule has 10 heavy (non-hydrogen) atoms. The van der Waals surface area contributed by atoms with Gasteiger partial charge in [-0.2, -0.15) is 0 Å². The van der Waals surface area contributed by atoms with E-state index in [4.69, 9.17) is 5.11 Å². The summed E-state index contributed by atoms with van der Waals surface area (Å²) >= 11 is 0. The van der Waals surface area contributed by atoms with Crippen molar-refractivity contribution >= 4 is 5.91 Å². The van der Waals surface area contributed by atoms with Gasteiger partial charge in [-0.15, -0.1) is 0 Å². The number of hydrogen-bond acceptors (Lipinski definition) is 2. The third-order valence-corrected chi connectivity index (χ3v) is 1.21. The van der Waals surface area contributed by atoms with Gasteiger partial charge in [-0.25, -0.2) is 0 Å². The standard InChI is InChI=1S/C7H15NO2/c1-3-7(10)8-5-4-6(2)9/h6,9H,3-5H2,1-2H3,(H,8,10)/t6-/m1/s1. The summed E-state index contributed by atoms with van der Waals surface area (Å²) in [5, 5.41) is 11.5. The lowest BCUT2D eigenvalue weighted by molar-refractivity contribution is -0.120. The molecule has 0 bridgehead atoms. The molecule has 0 aliphatic carbocycles. The van der Waals surface area contributed by atoms with Crippen LogP contribution < -0.4 is 5.32 Å². The average molecular weight is 145 g/mol. The van der Waals surface area contributed by atoms with Crippen LogP contribution in [0.5, 0.6) is 0 Å². The Morgan fingerprint density at radius 1 is 1.70 bits per heavy atom. The number of carbonyl (C=O) groups is 1. The van der Waals surface area contributed by atoms with Crippen molar-refractivity contribution in [3.63, 3.8) is 0 Å². The summed E-state index contributed by atoms with van der Waals surface area (Å²) in [5.74, 6) is 0.0423. The minimum atomic E-state index is -0.322. The molecular formula is C7H15NO2. The lowest BCUT2D eigenvalue weighted by atomic mass is 10.3. The first-order valence-electron chi connectivity index (χ1n) is 3.61. The predicted molar refractivity (Wildman–Crippen MR) is 39.6 cm³/mol. The molecule has 0 aliphatic heterocycles. The quantitative estimate of drug-likeness (QED) is 0.597. The van der Waals surface area contributed by atoms with Gasteiger partial charge in [0.05, 0.1) is 6.10 Å². The number of aliphatic hydroxyl groups excluding tert-OH is 1. The maximum atomic E-state index is 10.6. The second-order valence-electron chi connectivity index (χ2n) is 2.34. The van der Waals surface area contributed by atoms with Crippen LogP contribution in [0, 0.1) is 0 Å². The summed E-state index contributed by atoms with van der Waals surface area (Å²) in [6, 6.07) is 0. The van der Waals surface area contributed by atoms with Gasteiger partial charge in [-0.05, 0) is 13.3 Å². The van der Waals surface area contributed by atoms with Crippen LogP contribution in [0.4, 0.5) is 0 Å². The summed E-state index contributed by atoms with van der Waals surface area (Å²) in [5.41, 5.74) is 0. The van der Waals surface area contributed by atoms with E-state index >= 15 is 0 Å². The Morgan fingerprint density at radius 3 is 2.70 bits per heavy atom. The molecule has 1 amide bonds. The van der Waals surface area contributed by atoms with Crippen LogP contribution in [0.15, 0.2) is 0 Å². The monoisotopic (exact) mass is 145 g/mol. The van der Waals surface area contributed by atoms with Crippen molar-refractivity contribution in [3.05, 3.63) is 0 Å². The van der Waals surface area contributed by atoms with Crippen molar-refractivity contribution in [3.8, 4) is 0 Å². The Labute approximate surface area is 61.4 Å². The summed E-state index contributed by atoms with van der Waals surface area (Å²) in [4.78, 5) is 10.6. The second kappa shape index (κ2) is 5.23. The fourth-order valence-corrected chi connectivity index (χ4v) is 0.545. The van der Waals surface area contributed by atoms with E-state index in [9.17, 15) is 4.79 Å². The van der Waals surface area contributed by atoms with E-state index < -0.39 is 0 Å². The molecule has 0 aromatic heterocycles. The van der Waals surface area contributed by atoms with Crippen LogP contribution in [-0.4, -0.2) is 23.7 Å². The highest BCUT2D eigenvalue weighted by atomic mass is 16.3. The van der Waals surface area contributed by atoms with Crippen LogP contribution in [0.25, 0.3) is 0 Å². The van der Waals surface area contributed by atoms with Crippen molar-refractivity contribution in [1.29, 1.82) is 0 Å². The van der Waals surface area contributed by atoms with E-state index in [1.54, 1.807) is 13.8 Å². The van der Waals surface area contributed by atoms with Gasteiger partial charge in [0.2, 0.25) is 5.91 Å². The lowest BCUT2D eigenvalue weighted by Gasteiger charge is -2.04. The van der Waals surface area contributed by atoms with E-state index in [-0.39, 0.29) is 12.0 Å². The molecule has 0 saturated heterocycles. The summed E-state index contributed by atoms with van der Waals surface area (Å²) in [6.45, 7) is 4.08. The topological polar surface area (TPSA) is 49.3 Å². The first-order valence-corrected chi connectivity index (χ1v) is 3.61. The second-order valence-corrected chi connectivity index (χ2v) is 2.34. The van der Waals surface area contributed by atoms with Crippen LogP contribution >= 0.6 is 0 Å². The third kappa shape index (κ3) is 5.56. The van der Waals surface area contributed by atoms with Crippen molar-refractivity contribution in [2.75, 3.05) is 6.54 Å². The molecule has 0 rings (SSSR count). The smallest absolute Gasteiger partial charge is 0.219 e. The highest BCUT2D eigenvalue weighted by Crippen LogP contribution is 1.86. The van der Waals surface area contributed by atoms with Crippen LogP contribution in [0.3, 0.4) is 0 Å². The minimum Gasteiger partial charge on any atom is -0.393 e. The summed E-state index contributed by atoms with van der Waals surface area (Å²) in [6.07, 6.45) is 0.822. The number of carbonyl (C=O) groups excluding carboxylic acids is 1. The first-order chi connectivity index (χ1) is 4.66. The minimum absolute atomic E-state index is 0.0423. The van der Waals surface area contributed by atoms with Crippen molar-refractivity contribution in [2.24, 2.45) is 0 Å². The highest BCUT2D eigenvalue weighted by molar-refractivity contribution is 5.75. The SMILES string of the molecule is CCC(=O)NCC[C@@H](C)O. The van der Waals surface area contributed by atoms with Gasteiger partial charge < -0.3 is 10.4 Å². The molecule has 0 spiro atoms. The Kier molecular flexibility index (Phi) is 4.94. The average Bonchev–Trinajstić information content (AvgIpc) is 1.87. The van der Waals surface area contributed by atoms with Crippen molar-refractivity contribution in [2.45, 2.75) is 32.8 Å². The zero-order valence-corrected chi connectivity index (χ0v) is 6.55. The molecule has 1 atom stereocenters. The Hall–Kier alpha value is -0.570. The molecule has 2 N–H and O–H groups in total. The van der Waals surface area contributed by atoms with E-state index in [2.05, 4.69) is 5.32 Å². The molecule has 0 fully saturated rings. The summed E-state index contributed by atoms with van der Waals surface area (Å²) in [7, 11) is 0. The van der Waals surface area contributed by atoms with Crippen LogP contribution in [-0.2, 0) is 4.79 Å². The zero-order chi connectivity index (χ0) is 7.98. The maximum Gasteiger partial charge on any atom is 0.219 e. The Balaban J connectivity index is 3.12. The van der Waals surface area contributed by atoms with Gasteiger partial charge in [-0.3, -0.25) is 4.79 Å². The molecule has 60 valence electrons. The predicted octanol–water partition coefficient (Wildman–Crippen LogP) is 0.283. The van der Waals surface area contributed by atoms with Crippen molar-refractivity contribution in [1.82, 2.24) is 5.32 Å². The highest BCUT2D eigenvalue weighted by Gasteiger charge is 1.97. The van der Waals surface area contributed by atoms with Crippen LogP contribution in [0.2, 0.25) is 0 Å². The first kappa shape index (κ1) is 9.43. The van der Waals surface area contributed by atoms with E-state index in [0.29, 0.717) is 19.4 Å². The van der Waals surface area contributed by atoms with E-state index in [1.807, 2.05) is 0 Å². The summed E-state index contributed by atoms with van der Waals surface area (Å²) < 4.78 is 0. The van der Waals surface area contributed by atoms with Gasteiger partial charge in [0.1, 0.15) is 0 Å². The molecule has 0 unspecified atom stereocenters. The largest absolute Gasteiger partial charge is 0.393 e. The van der Waals surface area contributed by atoms with Gasteiger partial charge in [0.15, 0.2) is 0 Å². The number of amides is 1. The third-order valence-electron chi connectivity index (χ3n) is 1.21. The maximum absolute atomic E-state index is 10.6. The van der Waals surface area contributed by atoms with Crippen LogP contribution in [0.1, 0.15) is 26.7 Å². The van der Waals surface area contributed by atoms with Gasteiger partial charge in [0, 0.05) is 13.0 Å². The Morgan fingerprint density at radius 2 is 2.30 bits per heavy atom. The fraction of sp³-hybridized carbons (Fsp3) is 0.857. The molecule has 0 heterocycles. The molecule has 3 nitrogen and oxygen atoms in total. The van der Waals surface area contributed by atoms with Gasteiger partial charge >= 0.3 is 0 Å². The number of aliphatic hydroxyl groups is 1. The molecule has 0 aromatic rings. The molecule has 0 radical (unpaired) electrons. The molecule has 3 heteroatoms. The van der Waals surface area contributed by atoms with Gasteiger partial charge in [-0.1, -0.05) is 6.92 Å².